The Balaban J connectivity index is 1.55. The lowest BCUT2D eigenvalue weighted by atomic mass is 9.91. The van der Waals surface area contributed by atoms with Crippen LogP contribution < -0.4 is 0 Å². The first-order valence-electron chi connectivity index (χ1n) is 7.77. The summed E-state index contributed by atoms with van der Waals surface area (Å²) in [5.41, 5.74) is 1.67. The smallest absolute Gasteiger partial charge is 0.129 e. The van der Waals surface area contributed by atoms with Gasteiger partial charge >= 0.3 is 0 Å². The fourth-order valence-corrected chi connectivity index (χ4v) is 3.19. The fourth-order valence-electron chi connectivity index (χ4n) is 3.19. The normalized spacial score (nSPS) is 18.5. The number of hydrogen-bond acceptors (Lipinski definition) is 3. The molecule has 2 aromatic rings. The van der Waals surface area contributed by atoms with E-state index in [0.29, 0.717) is 18.0 Å². The van der Waals surface area contributed by atoms with Crippen LogP contribution in [0.3, 0.4) is 0 Å². The summed E-state index contributed by atoms with van der Waals surface area (Å²) in [6.45, 7) is 2.33. The van der Waals surface area contributed by atoms with Crippen molar-refractivity contribution in [2.45, 2.75) is 24.9 Å². The number of β-amino-alcohol motifs (C(OH)–C–C–N with tert-alkyl or cyclic N) is 1. The van der Waals surface area contributed by atoms with Crippen molar-refractivity contribution in [3.05, 3.63) is 53.6 Å². The van der Waals surface area contributed by atoms with Crippen molar-refractivity contribution in [3.8, 4) is 0 Å². The van der Waals surface area contributed by atoms with Gasteiger partial charge in [-0.05, 0) is 43.5 Å². The van der Waals surface area contributed by atoms with Crippen LogP contribution in [0.5, 0.6) is 0 Å². The minimum Gasteiger partial charge on any atom is -0.387 e. The van der Waals surface area contributed by atoms with E-state index in [2.05, 4.69) is 16.2 Å². The SMILES string of the molecule is Cn1cc(C2CCN(C[C@@H](O)c3ccccc3F)CC2)cn1. The third-order valence-electron chi connectivity index (χ3n) is 4.48. The lowest BCUT2D eigenvalue weighted by Gasteiger charge is -2.32. The van der Waals surface area contributed by atoms with E-state index in [4.69, 9.17) is 0 Å². The van der Waals surface area contributed by atoms with E-state index in [0.717, 1.165) is 25.9 Å². The van der Waals surface area contributed by atoms with Gasteiger partial charge in [0.05, 0.1) is 12.3 Å². The highest BCUT2D eigenvalue weighted by Gasteiger charge is 2.24. The standard InChI is InChI=1S/C17H22FN3O/c1-20-11-14(10-19-20)13-6-8-21(9-7-13)12-17(22)15-4-2-3-5-16(15)18/h2-5,10-11,13,17,22H,6-9,12H2,1H3/t17-/m1/s1. The van der Waals surface area contributed by atoms with Gasteiger partial charge in [-0.3, -0.25) is 4.68 Å². The van der Waals surface area contributed by atoms with Crippen molar-refractivity contribution >= 4 is 0 Å². The Bertz CT molecular complexity index is 620. The fraction of sp³-hybridized carbons (Fsp3) is 0.471. The summed E-state index contributed by atoms with van der Waals surface area (Å²) in [7, 11) is 1.93. The van der Waals surface area contributed by atoms with E-state index in [1.54, 1.807) is 18.2 Å². The Morgan fingerprint density at radius 2 is 2.05 bits per heavy atom. The molecular weight excluding hydrogens is 281 g/mol. The Labute approximate surface area is 130 Å². The number of rotatable bonds is 4. The third kappa shape index (κ3) is 3.36. The zero-order valence-corrected chi connectivity index (χ0v) is 12.8. The summed E-state index contributed by atoms with van der Waals surface area (Å²) in [6, 6.07) is 6.46. The van der Waals surface area contributed by atoms with Crippen LogP contribution in [0.15, 0.2) is 36.7 Å². The minimum atomic E-state index is -0.767. The highest BCUT2D eigenvalue weighted by Crippen LogP contribution is 2.28. The Morgan fingerprint density at radius 3 is 2.68 bits per heavy atom. The number of halogens is 1. The maximum absolute atomic E-state index is 13.7. The van der Waals surface area contributed by atoms with Crippen molar-refractivity contribution in [1.82, 2.24) is 14.7 Å². The lowest BCUT2D eigenvalue weighted by molar-refractivity contribution is 0.0947. The van der Waals surface area contributed by atoms with Crippen LogP contribution in [0.1, 0.15) is 36.0 Å². The molecule has 4 nitrogen and oxygen atoms in total. The molecule has 1 aliphatic heterocycles. The number of nitrogens with zero attached hydrogens (tertiary/aromatic N) is 3. The first-order chi connectivity index (χ1) is 10.6. The van der Waals surface area contributed by atoms with E-state index in [9.17, 15) is 9.50 Å². The monoisotopic (exact) mass is 303 g/mol. The molecule has 1 saturated heterocycles. The topological polar surface area (TPSA) is 41.3 Å². The molecule has 1 N–H and O–H groups in total. The van der Waals surface area contributed by atoms with Gasteiger partial charge in [-0.1, -0.05) is 18.2 Å². The van der Waals surface area contributed by atoms with Crippen LogP contribution in [0.4, 0.5) is 4.39 Å². The Morgan fingerprint density at radius 1 is 1.32 bits per heavy atom. The van der Waals surface area contributed by atoms with E-state index < -0.39 is 6.10 Å². The quantitative estimate of drug-likeness (QED) is 0.943. The highest BCUT2D eigenvalue weighted by atomic mass is 19.1. The molecule has 1 fully saturated rings. The van der Waals surface area contributed by atoms with E-state index in [1.807, 2.05) is 17.9 Å². The molecule has 0 saturated carbocycles. The van der Waals surface area contributed by atoms with Crippen LogP contribution >= 0.6 is 0 Å². The van der Waals surface area contributed by atoms with E-state index in [1.165, 1.54) is 11.6 Å². The summed E-state index contributed by atoms with van der Waals surface area (Å²) in [4.78, 5) is 2.21. The second kappa shape index (κ2) is 6.58. The lowest BCUT2D eigenvalue weighted by Crippen LogP contribution is -2.36. The maximum Gasteiger partial charge on any atom is 0.129 e. The van der Waals surface area contributed by atoms with Crippen molar-refractivity contribution in [2.75, 3.05) is 19.6 Å². The van der Waals surface area contributed by atoms with Gasteiger partial charge in [0.15, 0.2) is 0 Å². The van der Waals surface area contributed by atoms with Gasteiger partial charge in [0, 0.05) is 25.4 Å². The summed E-state index contributed by atoms with van der Waals surface area (Å²) < 4.78 is 15.5. The number of likely N-dealkylation sites (tertiary alicyclic amines) is 1. The average molecular weight is 303 g/mol. The van der Waals surface area contributed by atoms with Gasteiger partial charge in [0.2, 0.25) is 0 Å². The molecule has 0 radical (unpaired) electrons. The van der Waals surface area contributed by atoms with Crippen molar-refractivity contribution in [2.24, 2.45) is 7.05 Å². The van der Waals surface area contributed by atoms with E-state index in [-0.39, 0.29) is 5.82 Å². The Kier molecular flexibility index (Phi) is 4.55. The molecule has 3 rings (SSSR count). The van der Waals surface area contributed by atoms with E-state index >= 15 is 0 Å². The molecule has 118 valence electrons. The van der Waals surface area contributed by atoms with Crippen LogP contribution in [0.25, 0.3) is 0 Å². The second-order valence-electron chi connectivity index (χ2n) is 6.06. The minimum absolute atomic E-state index is 0.333. The largest absolute Gasteiger partial charge is 0.387 e. The van der Waals surface area contributed by atoms with Gasteiger partial charge in [-0.2, -0.15) is 5.10 Å². The predicted molar refractivity (Wildman–Crippen MR) is 83.0 cm³/mol. The van der Waals surface area contributed by atoms with Gasteiger partial charge in [-0.15, -0.1) is 0 Å². The Hall–Kier alpha value is -1.72. The molecule has 0 spiro atoms. The predicted octanol–water partition coefficient (Wildman–Crippen LogP) is 2.47. The van der Waals surface area contributed by atoms with Gasteiger partial charge in [0.1, 0.15) is 5.82 Å². The summed E-state index contributed by atoms with van der Waals surface area (Å²) in [5, 5.41) is 14.5. The molecule has 0 amide bonds. The molecule has 0 aliphatic carbocycles. The van der Waals surface area contributed by atoms with Gasteiger partial charge in [0.25, 0.3) is 0 Å². The molecule has 5 heteroatoms. The third-order valence-corrected chi connectivity index (χ3v) is 4.48. The number of aliphatic hydroxyl groups is 1. The van der Waals surface area contributed by atoms with Gasteiger partial charge in [-0.25, -0.2) is 4.39 Å². The zero-order valence-electron chi connectivity index (χ0n) is 12.8. The molecule has 1 aromatic carbocycles. The number of aromatic nitrogens is 2. The number of benzene rings is 1. The molecule has 0 bridgehead atoms. The van der Waals surface area contributed by atoms with Crippen molar-refractivity contribution in [3.63, 3.8) is 0 Å². The van der Waals surface area contributed by atoms with Crippen LogP contribution in [0, 0.1) is 5.82 Å². The maximum atomic E-state index is 13.7. The number of piperidine rings is 1. The van der Waals surface area contributed by atoms with Gasteiger partial charge < -0.3 is 10.0 Å². The van der Waals surface area contributed by atoms with Crippen LogP contribution in [0.2, 0.25) is 0 Å². The molecule has 22 heavy (non-hydrogen) atoms. The van der Waals surface area contributed by atoms with Crippen molar-refractivity contribution in [1.29, 1.82) is 0 Å². The number of hydrogen-bond donors (Lipinski definition) is 1. The van der Waals surface area contributed by atoms with Crippen LogP contribution in [-0.2, 0) is 7.05 Å². The second-order valence-corrected chi connectivity index (χ2v) is 6.06. The van der Waals surface area contributed by atoms with Crippen LogP contribution in [-0.4, -0.2) is 39.4 Å². The number of aliphatic hydroxyl groups excluding tert-OH is 1. The average Bonchev–Trinajstić information content (AvgIpc) is 2.95. The summed E-state index contributed by atoms with van der Waals surface area (Å²) in [5.74, 6) is 0.204. The first-order valence-corrected chi connectivity index (χ1v) is 7.77. The molecule has 1 atom stereocenters. The molecule has 0 unspecified atom stereocenters. The summed E-state index contributed by atoms with van der Waals surface area (Å²) in [6.07, 6.45) is 5.35. The molecular formula is C17H22FN3O. The first kappa shape index (κ1) is 15.2. The van der Waals surface area contributed by atoms with Crippen molar-refractivity contribution < 1.29 is 9.50 Å². The molecule has 2 heterocycles. The highest BCUT2D eigenvalue weighted by molar-refractivity contribution is 5.20. The summed E-state index contributed by atoms with van der Waals surface area (Å²) >= 11 is 0. The molecule has 1 aliphatic rings. The zero-order chi connectivity index (χ0) is 15.5. The number of aryl methyl sites for hydroxylation is 1. The molecule has 1 aromatic heterocycles.